The highest BCUT2D eigenvalue weighted by Gasteiger charge is 1.98. The average Bonchev–Trinajstić information content (AvgIpc) is 2.68. The number of rotatable bonds is 0. The summed E-state index contributed by atoms with van der Waals surface area (Å²) in [6, 6.07) is 3.89. The summed E-state index contributed by atoms with van der Waals surface area (Å²) in [6.07, 6.45) is 3.75. The fourth-order valence-electron chi connectivity index (χ4n) is 0.278. The van der Waals surface area contributed by atoms with E-state index in [0.29, 0.717) is 0 Å². The number of hydrogen-bond acceptors (Lipinski definition) is 8. The second-order valence-electron chi connectivity index (χ2n) is 2.13. The molecule has 0 aromatic carbocycles. The molecule has 1 heterocycles. The molecule has 0 atom stereocenters. The van der Waals surface area contributed by atoms with Crippen LogP contribution in [-0.4, -0.2) is 74.8 Å². The van der Waals surface area contributed by atoms with Crippen molar-refractivity contribution in [1.82, 2.24) is 4.98 Å². The van der Waals surface area contributed by atoms with Crippen molar-refractivity contribution in [3.8, 4) is 0 Å². The van der Waals surface area contributed by atoms with Gasteiger partial charge in [0.1, 0.15) is 0 Å². The number of H-pyrrole nitrogens is 1. The van der Waals surface area contributed by atoms with Gasteiger partial charge in [0, 0.05) is 12.4 Å². The molecule has 17 heteroatoms. The minimum atomic E-state index is -2.67. The van der Waals surface area contributed by atoms with Gasteiger partial charge in [-0.1, -0.05) is 0 Å². The van der Waals surface area contributed by atoms with Crippen molar-refractivity contribution in [2.45, 2.75) is 0 Å². The van der Waals surface area contributed by atoms with Crippen molar-refractivity contribution in [2.24, 2.45) is 0 Å². The monoisotopic (exact) mass is 323 g/mol. The van der Waals surface area contributed by atoms with Gasteiger partial charge >= 0.3 is 29.6 Å². The molecule has 0 radical (unpaired) electrons. The molecule has 122 valence electrons. The predicted octanol–water partition coefficient (Wildman–Crippen LogP) is -3.28. The Bertz CT molecular complexity index is 194. The molecule has 0 amide bonds. The summed E-state index contributed by atoms with van der Waals surface area (Å²) < 4.78 is 40.4. The zero-order valence-electron chi connectivity index (χ0n) is 10.2. The molecule has 1 rings (SSSR count). The first-order chi connectivity index (χ1) is 9.43. The number of nitrogens with one attached hydrogen (secondary N) is 1. The normalized spacial score (nSPS) is 7.05. The van der Waals surface area contributed by atoms with Crippen LogP contribution >= 0.6 is 0 Å². The molecule has 0 aliphatic heterocycles. The van der Waals surface area contributed by atoms with E-state index in [0.717, 1.165) is 0 Å². The van der Waals surface area contributed by atoms with E-state index in [-0.39, 0.29) is 0 Å². The molecule has 1 aromatic rings. The van der Waals surface area contributed by atoms with Crippen molar-refractivity contribution in [3.63, 3.8) is 0 Å². The topological polar surface area (TPSA) is 178 Å². The molecule has 9 N–H and O–H groups in total. The van der Waals surface area contributed by atoms with Crippen LogP contribution in [0.4, 0.5) is 17.3 Å². The lowest BCUT2D eigenvalue weighted by Gasteiger charge is -1.65. The van der Waals surface area contributed by atoms with Gasteiger partial charge in [0.15, 0.2) is 0 Å². The molecule has 0 aliphatic carbocycles. The largest absolute Gasteiger partial charge is 0.674 e. The van der Waals surface area contributed by atoms with Gasteiger partial charge in [-0.25, -0.2) is 0 Å². The van der Waals surface area contributed by atoms with Crippen LogP contribution in [0, 0.1) is 0 Å². The summed E-state index contributed by atoms with van der Waals surface area (Å²) in [5, 5.41) is 55.6. The van der Waals surface area contributed by atoms with Crippen molar-refractivity contribution < 1.29 is 57.5 Å². The Morgan fingerprint density at radius 3 is 0.714 bits per heavy atom. The Kier molecular flexibility index (Phi) is 32.2. The molecule has 0 aliphatic rings. The first kappa shape index (κ1) is 28.2. The number of hydrogen-bond donors (Lipinski definition) is 9. The molecule has 0 saturated carbocycles. The second-order valence-corrected chi connectivity index (χ2v) is 2.13. The molecule has 21 heavy (non-hydrogen) atoms. The third kappa shape index (κ3) is 350. The zero-order chi connectivity index (χ0) is 17.8. The summed E-state index contributed by atoms with van der Waals surface area (Å²) >= 11 is 0. The molecule has 0 fully saturated rings. The van der Waals surface area contributed by atoms with Crippen molar-refractivity contribution in [3.05, 3.63) is 24.5 Å². The highest BCUT2D eigenvalue weighted by atomic mass is 19.1. The van der Waals surface area contributed by atoms with E-state index in [2.05, 4.69) is 4.98 Å². The summed E-state index contributed by atoms with van der Waals surface area (Å²) in [5.41, 5.74) is 0. The van der Waals surface area contributed by atoms with Crippen LogP contribution in [-0.2, 0) is 0 Å². The number of aromatic amines is 1. The van der Waals surface area contributed by atoms with Gasteiger partial charge in [-0.05, 0) is 12.1 Å². The van der Waals surface area contributed by atoms with Crippen LogP contribution in [0.5, 0.6) is 0 Å². The minimum Gasteiger partial charge on any atom is -0.398 e. The quantitative estimate of drug-likeness (QED) is 0.176. The minimum absolute atomic E-state index is 1.88. The number of aromatic nitrogens is 1. The zero-order valence-corrected chi connectivity index (χ0v) is 10.2. The highest BCUT2D eigenvalue weighted by molar-refractivity contribution is 6.32. The van der Waals surface area contributed by atoms with E-state index in [9.17, 15) is 17.3 Å². The molecule has 0 saturated heterocycles. The molecule has 0 bridgehead atoms. The van der Waals surface area contributed by atoms with E-state index in [1.165, 1.54) is 0 Å². The van der Waals surface area contributed by atoms with Gasteiger partial charge in [0.25, 0.3) is 0 Å². The molecule has 0 spiro atoms. The molecule has 1 aromatic heterocycles. The maximum atomic E-state index is 10.1. The van der Waals surface area contributed by atoms with Crippen LogP contribution in [0.2, 0.25) is 0 Å². The summed E-state index contributed by atoms with van der Waals surface area (Å²) in [7, 11) is -10.7. The van der Waals surface area contributed by atoms with E-state index >= 15 is 0 Å². The fourth-order valence-corrected chi connectivity index (χ4v) is 0.278. The SMILES string of the molecule is OB(O)F.OB(O)F.OB(O)F.OB(O)F.c1cc[nH]c1. The maximum absolute atomic E-state index is 10.1. The molecular weight excluding hydrogens is 309 g/mol. The van der Waals surface area contributed by atoms with E-state index in [1.807, 2.05) is 24.5 Å². The van der Waals surface area contributed by atoms with Gasteiger partial charge in [0.05, 0.1) is 0 Å². The Hall–Kier alpha value is -1.06. The molecular formula is C4H13B4F4NO8. The molecule has 9 nitrogen and oxygen atoms in total. The smallest absolute Gasteiger partial charge is 0.398 e. The highest BCUT2D eigenvalue weighted by Crippen LogP contribution is 1.72. The lowest BCUT2D eigenvalue weighted by molar-refractivity contribution is 0.338. The first-order valence-electron chi connectivity index (χ1n) is 4.52. The fraction of sp³-hybridized carbons (Fsp3) is 0. The van der Waals surface area contributed by atoms with Crippen LogP contribution in [0.15, 0.2) is 24.5 Å². The lowest BCUT2D eigenvalue weighted by Crippen LogP contribution is -1.98. The predicted molar refractivity (Wildman–Crippen MR) is 66.0 cm³/mol. The summed E-state index contributed by atoms with van der Waals surface area (Å²) in [5.74, 6) is 0. The van der Waals surface area contributed by atoms with Crippen LogP contribution in [0.3, 0.4) is 0 Å². The summed E-state index contributed by atoms with van der Waals surface area (Å²) in [6.45, 7) is 0. The van der Waals surface area contributed by atoms with Gasteiger partial charge < -0.3 is 45.2 Å². The van der Waals surface area contributed by atoms with Gasteiger partial charge in [-0.3, -0.25) is 17.3 Å². The third-order valence-corrected chi connectivity index (χ3v) is 0.496. The third-order valence-electron chi connectivity index (χ3n) is 0.496. The average molecular weight is 322 g/mol. The second kappa shape index (κ2) is 24.0. The Balaban J connectivity index is -0.0000000866. The number of halogens is 4. The Morgan fingerprint density at radius 1 is 0.524 bits per heavy atom. The maximum Gasteiger partial charge on any atom is 0.674 e. The van der Waals surface area contributed by atoms with Gasteiger partial charge in [-0.15, -0.1) is 0 Å². The summed E-state index contributed by atoms with van der Waals surface area (Å²) in [4.78, 5) is 2.86. The Labute approximate surface area is 117 Å². The van der Waals surface area contributed by atoms with Gasteiger partial charge in [-0.2, -0.15) is 0 Å². The standard InChI is InChI=1S/C4H5N.4BFH2O2/c1-2-4-5-3-1;4*2-1(3)4/h1-5H;4*3-4H. The first-order valence-corrected chi connectivity index (χ1v) is 4.52. The van der Waals surface area contributed by atoms with Gasteiger partial charge in [0.2, 0.25) is 0 Å². The van der Waals surface area contributed by atoms with Crippen LogP contribution < -0.4 is 0 Å². The Morgan fingerprint density at radius 2 is 0.667 bits per heavy atom. The van der Waals surface area contributed by atoms with Crippen LogP contribution in [0.1, 0.15) is 0 Å². The lowest BCUT2D eigenvalue weighted by atomic mass is 10.3. The van der Waals surface area contributed by atoms with Crippen molar-refractivity contribution in [2.75, 3.05) is 0 Å². The van der Waals surface area contributed by atoms with E-state index < -0.39 is 29.6 Å². The van der Waals surface area contributed by atoms with Crippen LogP contribution in [0.25, 0.3) is 0 Å². The van der Waals surface area contributed by atoms with Crippen molar-refractivity contribution in [1.29, 1.82) is 0 Å². The van der Waals surface area contributed by atoms with Crippen molar-refractivity contribution >= 4 is 29.6 Å². The van der Waals surface area contributed by atoms with E-state index in [1.54, 1.807) is 0 Å². The van der Waals surface area contributed by atoms with E-state index in [4.69, 9.17) is 40.2 Å². The molecule has 0 unspecified atom stereocenters.